The number of nitrogens with zero attached hydrogens (tertiary/aromatic N) is 2. The lowest BCUT2D eigenvalue weighted by molar-refractivity contribution is -0.659. The zero-order valence-electron chi connectivity index (χ0n) is 27.2. The van der Waals surface area contributed by atoms with Crippen LogP contribution in [0.1, 0.15) is 27.7 Å². The molecule has 3 nitrogen and oxygen atoms in total. The first kappa shape index (κ1) is 13.0. The Labute approximate surface area is 209 Å². The van der Waals surface area contributed by atoms with Gasteiger partial charge in [-0.2, -0.15) is 0 Å². The highest BCUT2D eigenvalue weighted by atomic mass is 16.5. The highest BCUT2D eigenvalue weighted by Crippen LogP contribution is 2.49. The van der Waals surface area contributed by atoms with E-state index in [1.165, 1.54) is 4.57 Å². The molecule has 0 spiro atoms. The number of benzene rings is 4. The van der Waals surface area contributed by atoms with Crippen LogP contribution in [0, 0.1) is 20.8 Å². The minimum Gasteiger partial charge on any atom is -0.455 e. The largest absolute Gasteiger partial charge is 0.455 e. The Morgan fingerprint density at radius 2 is 1.53 bits per heavy atom. The number of aromatic nitrogens is 2. The van der Waals surface area contributed by atoms with E-state index in [1.54, 1.807) is 6.07 Å². The van der Waals surface area contributed by atoms with Crippen LogP contribution in [-0.2, 0) is 7.05 Å². The Morgan fingerprint density at radius 3 is 2.24 bits per heavy atom. The third-order valence-electron chi connectivity index (χ3n) is 6.91. The van der Waals surface area contributed by atoms with Crippen molar-refractivity contribution in [3.63, 3.8) is 0 Å². The van der Waals surface area contributed by atoms with E-state index in [4.69, 9.17) is 15.7 Å². The summed E-state index contributed by atoms with van der Waals surface area (Å²) in [5.41, 5.74) is 5.86. The molecular weight excluding hydrogens is 416 g/mol. The summed E-state index contributed by atoms with van der Waals surface area (Å²) >= 11 is 0. The van der Waals surface area contributed by atoms with E-state index in [1.807, 2.05) is 32.3 Å². The summed E-state index contributed by atoms with van der Waals surface area (Å²) in [6.07, 6.45) is 1.96. The van der Waals surface area contributed by atoms with Gasteiger partial charge >= 0.3 is 0 Å². The van der Waals surface area contributed by atoms with E-state index < -0.39 is 24.2 Å². The van der Waals surface area contributed by atoms with Crippen molar-refractivity contribution in [2.45, 2.75) is 20.8 Å². The summed E-state index contributed by atoms with van der Waals surface area (Å²) in [4.78, 5) is 0. The van der Waals surface area contributed by atoms with Crippen molar-refractivity contribution in [3.05, 3.63) is 95.5 Å². The number of para-hydroxylation sites is 2. The molecule has 0 radical (unpaired) electrons. The van der Waals surface area contributed by atoms with Gasteiger partial charge in [-0.3, -0.25) is 0 Å². The molecule has 0 bridgehead atoms. The molecule has 0 atom stereocenters. The van der Waals surface area contributed by atoms with E-state index >= 15 is 0 Å². The highest BCUT2D eigenvalue weighted by Gasteiger charge is 2.31. The maximum atomic E-state index is 8.84. The van der Waals surface area contributed by atoms with E-state index in [0.717, 1.165) is 44.5 Å². The van der Waals surface area contributed by atoms with Crippen molar-refractivity contribution in [2.24, 2.45) is 7.05 Å². The van der Waals surface area contributed by atoms with Crippen molar-refractivity contribution >= 4 is 32.6 Å². The minimum atomic E-state index is -0.467. The average Bonchev–Trinajstić information content (AvgIpc) is 3.33. The summed E-state index contributed by atoms with van der Waals surface area (Å²) in [5, 5.41) is 1.79. The normalized spacial score (nSPS) is 15.6. The fourth-order valence-corrected chi connectivity index (χ4v) is 5.23. The van der Waals surface area contributed by atoms with Gasteiger partial charge in [-0.25, -0.2) is 4.57 Å². The lowest BCUT2D eigenvalue weighted by Gasteiger charge is -2.24. The van der Waals surface area contributed by atoms with Crippen LogP contribution in [0.5, 0.6) is 11.5 Å². The molecule has 1 aliphatic rings. The Balaban J connectivity index is 1.69. The summed E-state index contributed by atoms with van der Waals surface area (Å²) in [7, 11) is 1.98. The second kappa shape index (κ2) is 6.71. The Morgan fingerprint density at radius 1 is 0.853 bits per heavy atom. The van der Waals surface area contributed by atoms with Gasteiger partial charge in [0.25, 0.3) is 0 Å². The van der Waals surface area contributed by atoms with Gasteiger partial charge in [0.05, 0.1) is 38.6 Å². The van der Waals surface area contributed by atoms with Crippen LogP contribution in [-0.4, -0.2) is 4.57 Å². The van der Waals surface area contributed by atoms with Crippen molar-refractivity contribution < 1.29 is 20.3 Å². The standard InChI is InChI=1S/C31H25N2O/c1-18-15-19(2)31-28(20(18)3)30-29-21(13-14-32(30)4)16-22(17-27(29)34-31)33-25-11-7-5-9-23(25)24-10-6-8-12-26(24)33/h5-17H,1-4H3/q+1/i5D,6D,7D,8D,9D,10D,11D,12D. The van der Waals surface area contributed by atoms with E-state index in [0.29, 0.717) is 11.4 Å². The summed E-state index contributed by atoms with van der Waals surface area (Å²) in [6.45, 7) is 6.15. The van der Waals surface area contributed by atoms with Crippen LogP contribution in [0.25, 0.3) is 49.5 Å². The molecule has 0 N–H and O–H groups in total. The molecule has 164 valence electrons. The van der Waals surface area contributed by atoms with Gasteiger partial charge in [0.15, 0.2) is 6.20 Å². The van der Waals surface area contributed by atoms with E-state index in [9.17, 15) is 0 Å². The number of pyridine rings is 1. The Bertz CT molecular complexity index is 2180. The fraction of sp³-hybridized carbons (Fsp3) is 0.129. The highest BCUT2D eigenvalue weighted by molar-refractivity contribution is 6.10. The maximum Gasteiger partial charge on any atom is 0.228 e. The molecule has 2 aromatic heterocycles. The van der Waals surface area contributed by atoms with E-state index in [2.05, 4.69) is 24.5 Å². The van der Waals surface area contributed by atoms with Gasteiger partial charge in [0, 0.05) is 28.3 Å². The molecule has 0 fully saturated rings. The van der Waals surface area contributed by atoms with Gasteiger partial charge in [0.2, 0.25) is 5.69 Å². The Kier molecular flexibility index (Phi) is 2.55. The monoisotopic (exact) mass is 449 g/mol. The molecule has 6 aromatic rings. The quantitative estimate of drug-likeness (QED) is 0.238. The van der Waals surface area contributed by atoms with Gasteiger partial charge in [-0.15, -0.1) is 0 Å². The van der Waals surface area contributed by atoms with Crippen molar-refractivity contribution in [2.75, 3.05) is 0 Å². The van der Waals surface area contributed by atoms with Crippen LogP contribution in [0.4, 0.5) is 0 Å². The molecule has 0 saturated heterocycles. The summed E-state index contributed by atoms with van der Waals surface area (Å²) < 4.78 is 78.7. The van der Waals surface area contributed by atoms with Crippen LogP contribution in [0.2, 0.25) is 0 Å². The van der Waals surface area contributed by atoms with E-state index in [-0.39, 0.29) is 46.0 Å². The number of hydrogen-bond donors (Lipinski definition) is 0. The van der Waals surface area contributed by atoms with Crippen LogP contribution in [0.15, 0.2) is 78.8 Å². The SMILES string of the molecule is [2H]c1c([2H])c([2H])c2c(c1[2H])c1c([2H])c([2H])c([2H])c([2H])c1n2-c1cc2c3c([n+](C)ccc3c1)-c1c(C)c(C)cc(C)c1O2. The van der Waals surface area contributed by atoms with Crippen LogP contribution < -0.4 is 9.30 Å². The van der Waals surface area contributed by atoms with Crippen molar-refractivity contribution in [1.29, 1.82) is 0 Å². The molecule has 3 heterocycles. The molecule has 0 aliphatic carbocycles. The number of rotatable bonds is 1. The molecule has 0 unspecified atom stereocenters. The molecule has 0 amide bonds. The number of aryl methyl sites for hydroxylation is 3. The smallest absolute Gasteiger partial charge is 0.228 e. The summed E-state index contributed by atoms with van der Waals surface area (Å²) in [6, 6.07) is 4.47. The van der Waals surface area contributed by atoms with Crippen molar-refractivity contribution in [3.8, 4) is 28.4 Å². The summed E-state index contributed by atoms with van der Waals surface area (Å²) in [5.74, 6) is 1.28. The molecular formula is C31H25N2O+. The minimum absolute atomic E-state index is 0.0464. The third-order valence-corrected chi connectivity index (χ3v) is 6.91. The van der Waals surface area contributed by atoms with Crippen LogP contribution in [0.3, 0.4) is 0 Å². The average molecular weight is 450 g/mol. The molecule has 0 saturated carbocycles. The number of fused-ring (bicyclic) bond motifs is 5. The van der Waals surface area contributed by atoms with Gasteiger partial charge in [-0.1, -0.05) is 42.3 Å². The fourth-order valence-electron chi connectivity index (χ4n) is 5.23. The maximum absolute atomic E-state index is 8.84. The van der Waals surface area contributed by atoms with Gasteiger partial charge in [-0.05, 0) is 55.6 Å². The lowest BCUT2D eigenvalue weighted by atomic mass is 9.91. The topological polar surface area (TPSA) is 18.0 Å². The first-order valence-electron chi connectivity index (χ1n) is 15.1. The molecule has 3 heteroatoms. The zero-order chi connectivity index (χ0) is 30.1. The van der Waals surface area contributed by atoms with Crippen molar-refractivity contribution in [1.82, 2.24) is 4.57 Å². The predicted molar refractivity (Wildman–Crippen MR) is 139 cm³/mol. The molecule has 1 aliphatic heterocycles. The van der Waals surface area contributed by atoms with Gasteiger partial charge < -0.3 is 9.30 Å². The number of ether oxygens (including phenoxy) is 1. The molecule has 34 heavy (non-hydrogen) atoms. The second-order valence-electron chi connectivity index (χ2n) is 8.91. The Hall–Kier alpha value is -4.11. The third kappa shape index (κ3) is 2.44. The van der Waals surface area contributed by atoms with Gasteiger partial charge in [0.1, 0.15) is 18.5 Å². The first-order valence-corrected chi connectivity index (χ1v) is 11.1. The predicted octanol–water partition coefficient (Wildman–Crippen LogP) is 7.46. The number of hydrogen-bond acceptors (Lipinski definition) is 1. The van der Waals surface area contributed by atoms with Crippen LogP contribution >= 0.6 is 0 Å². The molecule has 4 aromatic carbocycles. The second-order valence-corrected chi connectivity index (χ2v) is 8.91. The zero-order valence-corrected chi connectivity index (χ0v) is 19.2. The first-order chi connectivity index (χ1) is 19.8. The lowest BCUT2D eigenvalue weighted by Crippen LogP contribution is -2.32. The molecule has 7 rings (SSSR count).